The minimum absolute atomic E-state index is 0.146. The summed E-state index contributed by atoms with van der Waals surface area (Å²) >= 11 is 5.22. The van der Waals surface area contributed by atoms with Crippen molar-refractivity contribution in [2.45, 2.75) is 25.9 Å². The van der Waals surface area contributed by atoms with Crippen LogP contribution in [0.2, 0.25) is 0 Å². The standard InChI is InChI=1S/C15H19BrN2S/c1-3-14(17)12-4-6-13(7-5-12)18(2)9-11-8-15(16)19-10-11/h4-8,10,14H,3,9,17H2,1-2H3. The van der Waals surface area contributed by atoms with Gasteiger partial charge < -0.3 is 10.6 Å². The molecule has 0 aliphatic carbocycles. The van der Waals surface area contributed by atoms with Gasteiger partial charge in [0.25, 0.3) is 0 Å². The van der Waals surface area contributed by atoms with E-state index in [0.717, 1.165) is 13.0 Å². The first kappa shape index (κ1) is 14.6. The third-order valence-corrected chi connectivity index (χ3v) is 4.80. The number of nitrogens with zero attached hydrogens (tertiary/aromatic N) is 1. The Bertz CT molecular complexity index is 521. The van der Waals surface area contributed by atoms with Gasteiger partial charge in [-0.2, -0.15) is 0 Å². The van der Waals surface area contributed by atoms with E-state index in [-0.39, 0.29) is 6.04 Å². The fourth-order valence-electron chi connectivity index (χ4n) is 2.01. The van der Waals surface area contributed by atoms with Crippen LogP contribution in [0.3, 0.4) is 0 Å². The Kier molecular flexibility index (Phi) is 5.02. The molecule has 1 aromatic heterocycles. The van der Waals surface area contributed by atoms with Crippen LogP contribution in [-0.4, -0.2) is 7.05 Å². The Morgan fingerprint density at radius 1 is 1.32 bits per heavy atom. The van der Waals surface area contributed by atoms with Crippen LogP contribution < -0.4 is 10.6 Å². The molecule has 0 fully saturated rings. The van der Waals surface area contributed by atoms with Gasteiger partial charge in [0.1, 0.15) is 0 Å². The maximum atomic E-state index is 6.03. The molecule has 0 bridgehead atoms. The molecule has 1 heterocycles. The molecule has 102 valence electrons. The third kappa shape index (κ3) is 3.81. The average molecular weight is 339 g/mol. The fraction of sp³-hybridized carbons (Fsp3) is 0.333. The minimum Gasteiger partial charge on any atom is -0.370 e. The van der Waals surface area contributed by atoms with Gasteiger partial charge in [-0.15, -0.1) is 11.3 Å². The molecule has 19 heavy (non-hydrogen) atoms. The molecule has 0 amide bonds. The number of thiophene rings is 1. The van der Waals surface area contributed by atoms with E-state index in [0.29, 0.717) is 0 Å². The van der Waals surface area contributed by atoms with E-state index in [1.54, 1.807) is 11.3 Å². The van der Waals surface area contributed by atoms with E-state index in [9.17, 15) is 0 Å². The highest BCUT2D eigenvalue weighted by Crippen LogP contribution is 2.24. The molecule has 2 N–H and O–H groups in total. The lowest BCUT2D eigenvalue weighted by atomic mass is 10.1. The van der Waals surface area contributed by atoms with Gasteiger partial charge >= 0.3 is 0 Å². The molecule has 0 aliphatic heterocycles. The lowest BCUT2D eigenvalue weighted by Crippen LogP contribution is -2.16. The lowest BCUT2D eigenvalue weighted by molar-refractivity contribution is 0.698. The zero-order valence-corrected chi connectivity index (χ0v) is 13.7. The van der Waals surface area contributed by atoms with Gasteiger partial charge in [0, 0.05) is 25.3 Å². The molecule has 0 aliphatic rings. The van der Waals surface area contributed by atoms with Crippen LogP contribution in [0.5, 0.6) is 0 Å². The van der Waals surface area contributed by atoms with Crippen LogP contribution in [-0.2, 0) is 6.54 Å². The van der Waals surface area contributed by atoms with E-state index < -0.39 is 0 Å². The number of hydrogen-bond donors (Lipinski definition) is 1. The van der Waals surface area contributed by atoms with Crippen molar-refractivity contribution in [1.29, 1.82) is 0 Å². The van der Waals surface area contributed by atoms with Crippen molar-refractivity contribution in [2.24, 2.45) is 5.73 Å². The average Bonchev–Trinajstić information content (AvgIpc) is 2.83. The third-order valence-electron chi connectivity index (χ3n) is 3.24. The second-order valence-electron chi connectivity index (χ2n) is 4.72. The number of hydrogen-bond acceptors (Lipinski definition) is 3. The number of rotatable bonds is 5. The van der Waals surface area contributed by atoms with Crippen LogP contribution in [0, 0.1) is 0 Å². The first-order chi connectivity index (χ1) is 9.10. The molecule has 1 unspecified atom stereocenters. The van der Waals surface area contributed by atoms with E-state index in [2.05, 4.69) is 70.5 Å². The summed E-state index contributed by atoms with van der Waals surface area (Å²) in [6.07, 6.45) is 0.970. The molecular weight excluding hydrogens is 320 g/mol. The predicted octanol–water partition coefficient (Wildman–Crippen LogP) is 4.56. The molecule has 0 spiro atoms. The summed E-state index contributed by atoms with van der Waals surface area (Å²) in [7, 11) is 2.11. The van der Waals surface area contributed by atoms with E-state index >= 15 is 0 Å². The highest BCUT2D eigenvalue weighted by molar-refractivity contribution is 9.11. The maximum Gasteiger partial charge on any atom is 0.0701 e. The monoisotopic (exact) mass is 338 g/mol. The van der Waals surface area contributed by atoms with E-state index in [1.807, 2.05) is 0 Å². The molecule has 0 saturated heterocycles. The van der Waals surface area contributed by atoms with Gasteiger partial charge in [0.05, 0.1) is 3.79 Å². The summed E-state index contributed by atoms with van der Waals surface area (Å²) < 4.78 is 1.18. The van der Waals surface area contributed by atoms with Gasteiger partial charge in [-0.25, -0.2) is 0 Å². The first-order valence-corrected chi connectivity index (χ1v) is 8.07. The topological polar surface area (TPSA) is 29.3 Å². The summed E-state index contributed by atoms with van der Waals surface area (Å²) in [6, 6.07) is 10.9. The van der Waals surface area contributed by atoms with Crippen molar-refractivity contribution >= 4 is 33.0 Å². The van der Waals surface area contributed by atoms with Crippen LogP contribution in [0.25, 0.3) is 0 Å². The predicted molar refractivity (Wildman–Crippen MR) is 87.8 cm³/mol. The van der Waals surface area contributed by atoms with Crippen molar-refractivity contribution in [3.05, 3.63) is 50.6 Å². The molecular formula is C15H19BrN2S. The summed E-state index contributed by atoms with van der Waals surface area (Å²) in [5.41, 5.74) is 9.78. The zero-order chi connectivity index (χ0) is 13.8. The van der Waals surface area contributed by atoms with Gasteiger partial charge in [-0.3, -0.25) is 0 Å². The highest BCUT2D eigenvalue weighted by atomic mass is 79.9. The molecule has 0 radical (unpaired) electrons. The maximum absolute atomic E-state index is 6.03. The fourth-order valence-corrected chi connectivity index (χ4v) is 3.21. The number of anilines is 1. The summed E-state index contributed by atoms with van der Waals surface area (Å²) in [5, 5.41) is 2.18. The quantitative estimate of drug-likeness (QED) is 0.865. The van der Waals surface area contributed by atoms with Gasteiger partial charge in [0.2, 0.25) is 0 Å². The molecule has 4 heteroatoms. The molecule has 1 aromatic carbocycles. The van der Waals surface area contributed by atoms with Gasteiger partial charge in [0.15, 0.2) is 0 Å². The lowest BCUT2D eigenvalue weighted by Gasteiger charge is -2.19. The van der Waals surface area contributed by atoms with Gasteiger partial charge in [-0.1, -0.05) is 19.1 Å². The van der Waals surface area contributed by atoms with Crippen LogP contribution in [0.4, 0.5) is 5.69 Å². The molecule has 2 rings (SSSR count). The van der Waals surface area contributed by atoms with Crippen LogP contribution in [0.1, 0.15) is 30.5 Å². The SMILES string of the molecule is CCC(N)c1ccc(N(C)Cc2csc(Br)c2)cc1. The van der Waals surface area contributed by atoms with Crippen molar-refractivity contribution < 1.29 is 0 Å². The Morgan fingerprint density at radius 3 is 2.53 bits per heavy atom. The van der Waals surface area contributed by atoms with Crippen LogP contribution >= 0.6 is 27.3 Å². The summed E-state index contributed by atoms with van der Waals surface area (Å²) in [6.45, 7) is 3.03. The van der Waals surface area contributed by atoms with Crippen molar-refractivity contribution in [2.75, 3.05) is 11.9 Å². The number of halogens is 1. The Labute approximate surface area is 127 Å². The van der Waals surface area contributed by atoms with E-state index in [4.69, 9.17) is 5.73 Å². The molecule has 1 atom stereocenters. The summed E-state index contributed by atoms with van der Waals surface area (Å²) in [5.74, 6) is 0. The highest BCUT2D eigenvalue weighted by Gasteiger charge is 2.06. The Balaban J connectivity index is 2.05. The normalized spacial score (nSPS) is 12.4. The molecule has 2 nitrogen and oxygen atoms in total. The first-order valence-electron chi connectivity index (χ1n) is 6.39. The Morgan fingerprint density at radius 2 is 2.00 bits per heavy atom. The molecule has 2 aromatic rings. The number of benzene rings is 1. The second-order valence-corrected chi connectivity index (χ2v) is 7.01. The van der Waals surface area contributed by atoms with Gasteiger partial charge in [-0.05, 0) is 57.1 Å². The van der Waals surface area contributed by atoms with Crippen molar-refractivity contribution in [3.63, 3.8) is 0 Å². The Hall–Kier alpha value is -0.840. The summed E-state index contributed by atoms with van der Waals surface area (Å²) in [4.78, 5) is 2.25. The zero-order valence-electron chi connectivity index (χ0n) is 11.3. The number of nitrogens with two attached hydrogens (primary N) is 1. The smallest absolute Gasteiger partial charge is 0.0701 e. The van der Waals surface area contributed by atoms with Crippen molar-refractivity contribution in [3.8, 4) is 0 Å². The van der Waals surface area contributed by atoms with Crippen molar-refractivity contribution in [1.82, 2.24) is 0 Å². The second kappa shape index (κ2) is 6.55. The largest absolute Gasteiger partial charge is 0.370 e. The molecule has 0 saturated carbocycles. The van der Waals surface area contributed by atoms with E-state index in [1.165, 1.54) is 20.6 Å². The minimum atomic E-state index is 0.146. The van der Waals surface area contributed by atoms with Crippen LogP contribution in [0.15, 0.2) is 39.5 Å².